The molecule has 1 fully saturated rings. The molecule has 1 amide bonds. The quantitative estimate of drug-likeness (QED) is 0.737. The number of rotatable bonds is 3. The van der Waals surface area contributed by atoms with Crippen LogP contribution in [0.2, 0.25) is 0 Å². The average Bonchev–Trinajstić information content (AvgIpc) is 3.11. The van der Waals surface area contributed by atoms with Gasteiger partial charge in [0.05, 0.1) is 18.2 Å². The lowest BCUT2D eigenvalue weighted by Gasteiger charge is -2.35. The molecule has 6 heteroatoms. The molecule has 1 aliphatic heterocycles. The van der Waals surface area contributed by atoms with Crippen molar-refractivity contribution in [2.75, 3.05) is 6.54 Å². The Morgan fingerprint density at radius 3 is 2.84 bits per heavy atom. The highest BCUT2D eigenvalue weighted by molar-refractivity contribution is 5.79. The third kappa shape index (κ3) is 3.24. The van der Waals surface area contributed by atoms with E-state index in [4.69, 9.17) is 0 Å². The summed E-state index contributed by atoms with van der Waals surface area (Å²) in [6, 6.07) is 8.06. The minimum Gasteiger partial charge on any atom is -0.334 e. The second kappa shape index (κ2) is 6.63. The Hall–Kier alpha value is -2.76. The molecule has 5 nitrogen and oxygen atoms in total. The van der Waals surface area contributed by atoms with Crippen molar-refractivity contribution >= 4 is 11.7 Å². The van der Waals surface area contributed by atoms with E-state index in [1.165, 1.54) is 12.1 Å². The van der Waals surface area contributed by atoms with Crippen LogP contribution in [0.4, 0.5) is 4.39 Å². The summed E-state index contributed by atoms with van der Waals surface area (Å²) in [5, 5.41) is 0. The maximum atomic E-state index is 13.1. The van der Waals surface area contributed by atoms with Gasteiger partial charge in [0.1, 0.15) is 5.82 Å². The van der Waals surface area contributed by atoms with E-state index in [2.05, 4.69) is 9.97 Å². The maximum absolute atomic E-state index is 13.1. The van der Waals surface area contributed by atoms with E-state index in [1.807, 2.05) is 27.8 Å². The summed E-state index contributed by atoms with van der Waals surface area (Å²) in [7, 11) is 0. The first-order valence-electron chi connectivity index (χ1n) is 8.54. The lowest BCUT2D eigenvalue weighted by atomic mass is 9.98. The molecule has 0 bridgehead atoms. The molecule has 1 saturated heterocycles. The number of carbonyl (C=O) groups excluding carboxylic acids is 1. The highest BCUT2D eigenvalue weighted by atomic mass is 19.1. The summed E-state index contributed by atoms with van der Waals surface area (Å²) in [6.45, 7) is 0.728. The first-order chi connectivity index (χ1) is 12.2. The molecular formula is C19H19FN4O. The van der Waals surface area contributed by atoms with Gasteiger partial charge in [-0.2, -0.15) is 0 Å². The first-order valence-corrected chi connectivity index (χ1v) is 8.54. The Kier molecular flexibility index (Phi) is 4.17. The van der Waals surface area contributed by atoms with Crippen molar-refractivity contribution in [3.63, 3.8) is 0 Å². The number of carbonyl (C=O) groups is 1. The minimum atomic E-state index is -0.288. The number of hydrogen-bond acceptors (Lipinski definition) is 3. The molecule has 0 unspecified atom stereocenters. The monoisotopic (exact) mass is 338 g/mol. The van der Waals surface area contributed by atoms with Crippen LogP contribution in [-0.4, -0.2) is 31.7 Å². The number of halogens is 1. The zero-order valence-corrected chi connectivity index (χ0v) is 13.8. The summed E-state index contributed by atoms with van der Waals surface area (Å²) in [5.41, 5.74) is 1.71. The summed E-state index contributed by atoms with van der Waals surface area (Å²) < 4.78 is 14.9. The Balaban J connectivity index is 1.57. The molecule has 3 heterocycles. The van der Waals surface area contributed by atoms with Crippen LogP contribution in [0, 0.1) is 5.82 Å². The van der Waals surface area contributed by atoms with E-state index < -0.39 is 0 Å². The summed E-state index contributed by atoms with van der Waals surface area (Å²) in [5.74, 6) is 0.416. The van der Waals surface area contributed by atoms with Crippen LogP contribution in [-0.2, 0) is 11.2 Å². The smallest absolute Gasteiger partial charge is 0.233 e. The Bertz CT molecular complexity index is 890. The van der Waals surface area contributed by atoms with Crippen molar-refractivity contribution in [1.82, 2.24) is 19.3 Å². The Morgan fingerprint density at radius 1 is 1.16 bits per heavy atom. The second-order valence-electron chi connectivity index (χ2n) is 6.39. The third-order valence-corrected chi connectivity index (χ3v) is 4.72. The maximum Gasteiger partial charge on any atom is 0.233 e. The van der Waals surface area contributed by atoms with E-state index >= 15 is 0 Å². The fourth-order valence-corrected chi connectivity index (χ4v) is 3.42. The van der Waals surface area contributed by atoms with Crippen LogP contribution < -0.4 is 0 Å². The average molecular weight is 338 g/mol. The number of piperidine rings is 1. The Labute approximate surface area is 145 Å². The standard InChI is InChI=1S/C19H19FN4O/c20-15-6-4-14(5-7-15)13-18(25)24-10-2-1-3-17(24)16-8-11-23-12-9-21-19(23)22-16/h4-9,11-12,17H,1-3,10,13H2/t17-/m0/s1. The van der Waals surface area contributed by atoms with Crippen molar-refractivity contribution in [3.05, 3.63) is 66.0 Å². The van der Waals surface area contributed by atoms with Crippen LogP contribution in [0.1, 0.15) is 36.6 Å². The van der Waals surface area contributed by atoms with Crippen LogP contribution in [0.3, 0.4) is 0 Å². The number of nitrogens with zero attached hydrogens (tertiary/aromatic N) is 4. The molecule has 1 atom stereocenters. The fraction of sp³-hybridized carbons (Fsp3) is 0.316. The number of amides is 1. The summed E-state index contributed by atoms with van der Waals surface area (Å²) >= 11 is 0. The molecule has 128 valence electrons. The van der Waals surface area contributed by atoms with Gasteiger partial charge in [0.2, 0.25) is 11.7 Å². The van der Waals surface area contributed by atoms with Gasteiger partial charge in [-0.05, 0) is 43.0 Å². The van der Waals surface area contributed by atoms with E-state index in [0.717, 1.165) is 37.1 Å². The number of aromatic nitrogens is 3. The number of likely N-dealkylation sites (tertiary alicyclic amines) is 1. The lowest BCUT2D eigenvalue weighted by Crippen LogP contribution is -2.39. The van der Waals surface area contributed by atoms with Gasteiger partial charge in [0, 0.05) is 25.1 Å². The number of imidazole rings is 1. The van der Waals surface area contributed by atoms with Crippen LogP contribution in [0.15, 0.2) is 48.9 Å². The van der Waals surface area contributed by atoms with Gasteiger partial charge >= 0.3 is 0 Å². The molecule has 0 aliphatic carbocycles. The summed E-state index contributed by atoms with van der Waals surface area (Å²) in [4.78, 5) is 23.6. The molecule has 2 aromatic heterocycles. The van der Waals surface area contributed by atoms with Crippen molar-refractivity contribution < 1.29 is 9.18 Å². The van der Waals surface area contributed by atoms with E-state index in [0.29, 0.717) is 5.78 Å². The molecule has 1 aromatic carbocycles. The molecule has 0 spiro atoms. The van der Waals surface area contributed by atoms with Gasteiger partial charge in [-0.15, -0.1) is 0 Å². The lowest BCUT2D eigenvalue weighted by molar-refractivity contribution is -0.134. The molecular weight excluding hydrogens is 319 g/mol. The van der Waals surface area contributed by atoms with Crippen LogP contribution in [0.5, 0.6) is 0 Å². The molecule has 4 rings (SSSR count). The normalized spacial score (nSPS) is 17.8. The Morgan fingerprint density at radius 2 is 2.00 bits per heavy atom. The molecule has 1 aliphatic rings. The zero-order valence-electron chi connectivity index (χ0n) is 13.8. The van der Waals surface area contributed by atoms with E-state index in [1.54, 1.807) is 18.3 Å². The van der Waals surface area contributed by atoms with Gasteiger partial charge in [-0.1, -0.05) is 12.1 Å². The number of fused-ring (bicyclic) bond motifs is 1. The predicted molar refractivity (Wildman–Crippen MR) is 91.4 cm³/mol. The molecule has 0 N–H and O–H groups in total. The van der Waals surface area contributed by atoms with Gasteiger partial charge in [-0.3, -0.25) is 9.20 Å². The van der Waals surface area contributed by atoms with Gasteiger partial charge < -0.3 is 4.90 Å². The van der Waals surface area contributed by atoms with E-state index in [-0.39, 0.29) is 24.2 Å². The topological polar surface area (TPSA) is 50.5 Å². The zero-order chi connectivity index (χ0) is 17.2. The SMILES string of the molecule is O=C(Cc1ccc(F)cc1)N1CCCC[C@H]1c1ccn2ccnc2n1. The molecule has 25 heavy (non-hydrogen) atoms. The largest absolute Gasteiger partial charge is 0.334 e. The number of benzene rings is 1. The van der Waals surface area contributed by atoms with Crippen molar-refractivity contribution in [2.24, 2.45) is 0 Å². The predicted octanol–water partition coefficient (Wildman–Crippen LogP) is 3.16. The highest BCUT2D eigenvalue weighted by Crippen LogP contribution is 2.30. The first kappa shape index (κ1) is 15.7. The molecule has 0 saturated carbocycles. The van der Waals surface area contributed by atoms with Gasteiger partial charge in [0.25, 0.3) is 0 Å². The fourth-order valence-electron chi connectivity index (χ4n) is 3.42. The molecule has 3 aromatic rings. The van der Waals surface area contributed by atoms with Crippen molar-refractivity contribution in [1.29, 1.82) is 0 Å². The second-order valence-corrected chi connectivity index (χ2v) is 6.39. The summed E-state index contributed by atoms with van der Waals surface area (Å²) in [6.07, 6.45) is 8.75. The van der Waals surface area contributed by atoms with Gasteiger partial charge in [0.15, 0.2) is 0 Å². The molecule has 0 radical (unpaired) electrons. The van der Waals surface area contributed by atoms with Crippen LogP contribution >= 0.6 is 0 Å². The highest BCUT2D eigenvalue weighted by Gasteiger charge is 2.29. The number of hydrogen-bond donors (Lipinski definition) is 0. The van der Waals surface area contributed by atoms with Crippen molar-refractivity contribution in [3.8, 4) is 0 Å². The third-order valence-electron chi connectivity index (χ3n) is 4.72. The van der Waals surface area contributed by atoms with E-state index in [9.17, 15) is 9.18 Å². The minimum absolute atomic E-state index is 0.0246. The van der Waals surface area contributed by atoms with Crippen molar-refractivity contribution in [2.45, 2.75) is 31.7 Å². The van der Waals surface area contributed by atoms with Gasteiger partial charge in [-0.25, -0.2) is 14.4 Å². The van der Waals surface area contributed by atoms with Crippen LogP contribution in [0.25, 0.3) is 5.78 Å².